The van der Waals surface area contributed by atoms with E-state index in [1.165, 1.54) is 58.8 Å². The van der Waals surface area contributed by atoms with Crippen LogP contribution in [0.1, 0.15) is 129 Å². The summed E-state index contributed by atoms with van der Waals surface area (Å²) in [6.07, 6.45) is 14.4. The number of rotatable bonds is 15. The van der Waals surface area contributed by atoms with Crippen LogP contribution >= 0.6 is 0 Å². The number of likely N-dealkylation sites (tertiary alicyclic amines) is 1. The van der Waals surface area contributed by atoms with E-state index in [1.54, 1.807) is 23.1 Å². The predicted molar refractivity (Wildman–Crippen MR) is 162 cm³/mol. The van der Waals surface area contributed by atoms with Crippen molar-refractivity contribution < 1.29 is 32.0 Å². The minimum Gasteiger partial charge on any atom is -0.497 e. The molecule has 2 aliphatic rings. The Balaban J connectivity index is 1.36. The van der Waals surface area contributed by atoms with Crippen molar-refractivity contribution in [3.8, 4) is 5.75 Å². The number of sulfonamides is 1. The Hall–Kier alpha value is -3.21. The predicted octanol–water partition coefficient (Wildman–Crippen LogP) is 5.77. The van der Waals surface area contributed by atoms with E-state index in [1.807, 2.05) is 4.72 Å². The number of nitrogens with one attached hydrogen (secondary N) is 1. The largest absolute Gasteiger partial charge is 0.497 e. The molecule has 1 atom stereocenters. The van der Waals surface area contributed by atoms with E-state index < -0.39 is 22.0 Å². The summed E-state index contributed by atoms with van der Waals surface area (Å²) in [4.78, 5) is 45.1. The van der Waals surface area contributed by atoms with Gasteiger partial charge in [-0.15, -0.1) is 0 Å². The molecule has 236 valence electrons. The summed E-state index contributed by atoms with van der Waals surface area (Å²) in [6, 6.07) is 4.64. The number of unbranched alkanes of at least 4 members (excludes halogenated alkanes) is 2. The lowest BCUT2D eigenvalue weighted by Gasteiger charge is -2.24. The Kier molecular flexibility index (Phi) is 11.8. The van der Waals surface area contributed by atoms with Crippen LogP contribution in [0.25, 0.3) is 0 Å². The number of hydrogen-bond donors (Lipinski definition) is 1. The monoisotopic (exact) mass is 615 g/mol. The number of benzene rings is 1. The molecule has 10 nitrogen and oxygen atoms in total. The normalized spacial score (nSPS) is 17.6. The first-order valence-corrected chi connectivity index (χ1v) is 17.4. The van der Waals surface area contributed by atoms with Crippen LogP contribution in [0, 0.1) is 5.92 Å². The second-order valence-corrected chi connectivity index (χ2v) is 13.7. The van der Waals surface area contributed by atoms with Gasteiger partial charge in [0.1, 0.15) is 23.7 Å². The number of ketones is 1. The lowest BCUT2D eigenvalue weighted by molar-refractivity contribution is -0.119. The van der Waals surface area contributed by atoms with Gasteiger partial charge in [0.25, 0.3) is 5.91 Å². The van der Waals surface area contributed by atoms with Crippen molar-refractivity contribution in [3.05, 3.63) is 47.2 Å². The van der Waals surface area contributed by atoms with Crippen LogP contribution < -0.4 is 9.46 Å². The molecule has 0 bridgehead atoms. The van der Waals surface area contributed by atoms with E-state index >= 15 is 0 Å². The van der Waals surface area contributed by atoms with Gasteiger partial charge in [0.05, 0.1) is 12.9 Å². The molecule has 0 radical (unpaired) electrons. The van der Waals surface area contributed by atoms with Crippen molar-refractivity contribution >= 4 is 27.6 Å². The van der Waals surface area contributed by atoms with Crippen molar-refractivity contribution in [1.29, 1.82) is 0 Å². The Labute approximate surface area is 255 Å². The van der Waals surface area contributed by atoms with Gasteiger partial charge in [-0.2, -0.15) is 0 Å². The molecule has 1 aliphatic carbocycles. The summed E-state index contributed by atoms with van der Waals surface area (Å²) in [5, 5.41) is 0. The summed E-state index contributed by atoms with van der Waals surface area (Å²) in [5.41, 5.74) is 1.28. The first-order chi connectivity index (χ1) is 20.7. The lowest BCUT2D eigenvalue weighted by atomic mass is 9.85. The third kappa shape index (κ3) is 9.14. The van der Waals surface area contributed by atoms with E-state index in [0.29, 0.717) is 47.8 Å². The van der Waals surface area contributed by atoms with Crippen molar-refractivity contribution in [2.45, 2.75) is 103 Å². The zero-order valence-corrected chi connectivity index (χ0v) is 26.3. The number of ether oxygens (including phenoxy) is 1. The van der Waals surface area contributed by atoms with Gasteiger partial charge in [-0.25, -0.2) is 13.4 Å². The number of carbonyl (C=O) groups excluding carboxylic acids is 3. The second kappa shape index (κ2) is 15.5. The standard InChI is InChI=1S/C32H45N3O7S/c1-3-43(39,40)34-30(37)19-17-24-16-18-25(41-2)21-26(24)32(38)35-20-10-14-28(35)31-33-27(22-42-31)29(36)15-9-5-8-13-23-11-6-4-7-12-23/h16,18,21-23,28H,3-15,17,19-20H2,1-2H3,(H,34,37)/t28-/m0/s1. The SMILES string of the molecule is CCS(=O)(=O)NC(=O)CCc1ccc(OC)cc1C(=O)N1CCC[C@H]1c1nc(C(=O)CCCCCC2CCCCC2)co1. The van der Waals surface area contributed by atoms with Crippen LogP contribution in [0.3, 0.4) is 0 Å². The first-order valence-electron chi connectivity index (χ1n) is 15.7. The quantitative estimate of drug-likeness (QED) is 0.197. The van der Waals surface area contributed by atoms with E-state index in [2.05, 4.69) is 4.98 Å². The maximum atomic E-state index is 13.8. The molecule has 4 rings (SSSR count). The smallest absolute Gasteiger partial charge is 0.254 e. The van der Waals surface area contributed by atoms with Gasteiger partial charge in [-0.3, -0.25) is 19.1 Å². The van der Waals surface area contributed by atoms with Crippen molar-refractivity contribution in [2.75, 3.05) is 19.4 Å². The van der Waals surface area contributed by atoms with E-state index in [9.17, 15) is 22.8 Å². The first kappa shape index (κ1) is 32.7. The number of aromatic nitrogens is 1. The van der Waals surface area contributed by atoms with Crippen molar-refractivity contribution in [3.63, 3.8) is 0 Å². The maximum Gasteiger partial charge on any atom is 0.254 e. The minimum atomic E-state index is -3.66. The summed E-state index contributed by atoms with van der Waals surface area (Å²) in [7, 11) is -2.16. The zero-order valence-electron chi connectivity index (χ0n) is 25.4. The van der Waals surface area contributed by atoms with Gasteiger partial charge in [0, 0.05) is 24.9 Å². The van der Waals surface area contributed by atoms with Crippen LogP contribution in [0.5, 0.6) is 5.75 Å². The fraction of sp³-hybridized carbons (Fsp3) is 0.625. The Bertz CT molecular complexity index is 1360. The van der Waals surface area contributed by atoms with E-state index in [4.69, 9.17) is 9.15 Å². The van der Waals surface area contributed by atoms with Crippen LogP contribution in [0.15, 0.2) is 28.9 Å². The number of carbonyl (C=O) groups is 3. The van der Waals surface area contributed by atoms with Crippen molar-refractivity contribution in [2.24, 2.45) is 5.92 Å². The molecule has 1 saturated heterocycles. The third-order valence-electron chi connectivity index (χ3n) is 8.67. The highest BCUT2D eigenvalue weighted by Crippen LogP contribution is 2.34. The number of nitrogens with zero attached hydrogens (tertiary/aromatic N) is 2. The summed E-state index contributed by atoms with van der Waals surface area (Å²) in [6.45, 7) is 1.94. The number of hydrogen-bond acceptors (Lipinski definition) is 8. The van der Waals surface area contributed by atoms with E-state index in [-0.39, 0.29) is 30.3 Å². The summed E-state index contributed by atoms with van der Waals surface area (Å²) >= 11 is 0. The lowest BCUT2D eigenvalue weighted by Crippen LogP contribution is -2.33. The number of Topliss-reactive ketones (excluding diaryl/α,β-unsaturated/α-hetero) is 1. The second-order valence-electron chi connectivity index (χ2n) is 11.7. The molecule has 0 spiro atoms. The average Bonchev–Trinajstić information content (AvgIpc) is 3.70. The Morgan fingerprint density at radius 1 is 1.05 bits per heavy atom. The molecule has 1 aromatic heterocycles. The summed E-state index contributed by atoms with van der Waals surface area (Å²) in [5.74, 6) is 0.566. The van der Waals surface area contributed by atoms with Crippen LogP contribution in [0.4, 0.5) is 0 Å². The molecule has 43 heavy (non-hydrogen) atoms. The highest BCUT2D eigenvalue weighted by Gasteiger charge is 2.35. The maximum absolute atomic E-state index is 13.8. The zero-order chi connectivity index (χ0) is 30.8. The molecule has 2 fully saturated rings. The average molecular weight is 616 g/mol. The molecule has 2 heterocycles. The molecule has 2 amide bonds. The fourth-order valence-electron chi connectivity index (χ4n) is 6.13. The molecule has 1 aliphatic heterocycles. The van der Waals surface area contributed by atoms with Crippen molar-refractivity contribution in [1.82, 2.24) is 14.6 Å². The molecule has 2 aromatic rings. The minimum absolute atomic E-state index is 0.0398. The molecule has 11 heteroatoms. The number of aryl methyl sites for hydroxylation is 1. The fourth-order valence-corrected chi connectivity index (χ4v) is 6.73. The van der Waals surface area contributed by atoms with Crippen LogP contribution in [-0.4, -0.2) is 55.3 Å². The van der Waals surface area contributed by atoms with Gasteiger partial charge in [0.15, 0.2) is 5.78 Å². The Morgan fingerprint density at radius 3 is 2.58 bits per heavy atom. The van der Waals surface area contributed by atoms with Gasteiger partial charge < -0.3 is 14.1 Å². The third-order valence-corrected chi connectivity index (χ3v) is 9.96. The van der Waals surface area contributed by atoms with Crippen LogP contribution in [0.2, 0.25) is 0 Å². The van der Waals surface area contributed by atoms with E-state index in [0.717, 1.165) is 31.6 Å². The van der Waals surface area contributed by atoms with Gasteiger partial charge >= 0.3 is 0 Å². The number of oxazole rings is 1. The Morgan fingerprint density at radius 2 is 1.84 bits per heavy atom. The summed E-state index contributed by atoms with van der Waals surface area (Å²) < 4.78 is 36.6. The molecule has 1 saturated carbocycles. The molecule has 1 N–H and O–H groups in total. The van der Waals surface area contributed by atoms with Gasteiger partial charge in [0.2, 0.25) is 21.8 Å². The van der Waals surface area contributed by atoms with Gasteiger partial charge in [-0.1, -0.05) is 57.4 Å². The number of amides is 2. The molecule has 0 unspecified atom stereocenters. The molecule has 1 aromatic carbocycles. The highest BCUT2D eigenvalue weighted by atomic mass is 32.2. The number of methoxy groups -OCH3 is 1. The topological polar surface area (TPSA) is 136 Å². The molecular weight excluding hydrogens is 570 g/mol. The highest BCUT2D eigenvalue weighted by molar-refractivity contribution is 7.90. The molecular formula is C32H45N3O7S. The van der Waals surface area contributed by atoms with Crippen LogP contribution in [-0.2, 0) is 21.2 Å². The van der Waals surface area contributed by atoms with Gasteiger partial charge in [-0.05, 0) is 56.2 Å².